The van der Waals surface area contributed by atoms with E-state index >= 15 is 0 Å². The number of carbonyl (C=O) groups is 1. The molecule has 0 aromatic heterocycles. The Balaban J connectivity index is 3.23. The molecule has 0 saturated carbocycles. The standard InChI is InChI=1S/C9H8N2O2/c1-13-9(12)8-3-2-7(11)4-6(8)5-10/h2-4H,11H2,1H3. The summed E-state index contributed by atoms with van der Waals surface area (Å²) in [6, 6.07) is 6.33. The Morgan fingerprint density at radius 2 is 2.31 bits per heavy atom. The molecule has 0 spiro atoms. The summed E-state index contributed by atoms with van der Waals surface area (Å²) in [4.78, 5) is 11.1. The van der Waals surface area contributed by atoms with Crippen LogP contribution in [0.2, 0.25) is 0 Å². The maximum absolute atomic E-state index is 11.1. The maximum atomic E-state index is 11.1. The molecule has 0 saturated heterocycles. The predicted molar refractivity (Wildman–Crippen MR) is 46.9 cm³/mol. The van der Waals surface area contributed by atoms with Gasteiger partial charge >= 0.3 is 5.97 Å². The van der Waals surface area contributed by atoms with Crippen LogP contribution >= 0.6 is 0 Å². The summed E-state index contributed by atoms with van der Waals surface area (Å²) < 4.78 is 4.49. The molecule has 1 rings (SSSR count). The van der Waals surface area contributed by atoms with Crippen LogP contribution in [-0.4, -0.2) is 13.1 Å². The number of ether oxygens (including phenoxy) is 1. The maximum Gasteiger partial charge on any atom is 0.339 e. The van der Waals surface area contributed by atoms with Crippen LogP contribution in [0.4, 0.5) is 5.69 Å². The van der Waals surface area contributed by atoms with Gasteiger partial charge in [0, 0.05) is 5.69 Å². The summed E-state index contributed by atoms with van der Waals surface area (Å²) in [5, 5.41) is 8.67. The largest absolute Gasteiger partial charge is 0.465 e. The first-order chi connectivity index (χ1) is 6.19. The van der Waals surface area contributed by atoms with Gasteiger partial charge in [-0.05, 0) is 18.2 Å². The minimum atomic E-state index is -0.531. The van der Waals surface area contributed by atoms with Gasteiger partial charge in [0.1, 0.15) is 6.07 Å². The summed E-state index contributed by atoms with van der Waals surface area (Å²) in [5.41, 5.74) is 6.35. The fourth-order valence-corrected chi connectivity index (χ4v) is 0.942. The van der Waals surface area contributed by atoms with Gasteiger partial charge in [-0.1, -0.05) is 0 Å². The molecule has 0 bridgehead atoms. The molecule has 0 aliphatic heterocycles. The van der Waals surface area contributed by atoms with E-state index in [2.05, 4.69) is 4.74 Å². The molecular formula is C9H8N2O2. The average molecular weight is 176 g/mol. The molecule has 0 aliphatic rings. The fraction of sp³-hybridized carbons (Fsp3) is 0.111. The van der Waals surface area contributed by atoms with Crippen molar-refractivity contribution in [2.75, 3.05) is 12.8 Å². The number of rotatable bonds is 1. The first-order valence-corrected chi connectivity index (χ1v) is 3.57. The van der Waals surface area contributed by atoms with Gasteiger partial charge in [0.15, 0.2) is 0 Å². The Hall–Kier alpha value is -2.02. The third kappa shape index (κ3) is 1.76. The van der Waals surface area contributed by atoms with Crippen molar-refractivity contribution in [2.24, 2.45) is 0 Å². The highest BCUT2D eigenvalue weighted by molar-refractivity contribution is 5.92. The van der Waals surface area contributed by atoms with Crippen molar-refractivity contribution >= 4 is 11.7 Å². The Kier molecular flexibility index (Phi) is 2.50. The van der Waals surface area contributed by atoms with Crippen LogP contribution in [-0.2, 0) is 4.74 Å². The SMILES string of the molecule is COC(=O)c1ccc(N)cc1C#N. The minimum Gasteiger partial charge on any atom is -0.465 e. The topological polar surface area (TPSA) is 76.1 Å². The number of nitriles is 1. The Bertz CT molecular complexity index is 380. The van der Waals surface area contributed by atoms with Crippen molar-refractivity contribution in [3.05, 3.63) is 29.3 Å². The predicted octanol–water partition coefficient (Wildman–Crippen LogP) is 0.927. The average Bonchev–Trinajstić information content (AvgIpc) is 2.16. The second-order valence-corrected chi connectivity index (χ2v) is 2.41. The molecule has 0 unspecified atom stereocenters. The van der Waals surface area contributed by atoms with Gasteiger partial charge < -0.3 is 10.5 Å². The van der Waals surface area contributed by atoms with Gasteiger partial charge in [-0.3, -0.25) is 0 Å². The van der Waals surface area contributed by atoms with Crippen molar-refractivity contribution in [2.45, 2.75) is 0 Å². The monoisotopic (exact) mass is 176 g/mol. The lowest BCUT2D eigenvalue weighted by molar-refractivity contribution is 0.0600. The van der Waals surface area contributed by atoms with Crippen LogP contribution in [0, 0.1) is 11.3 Å². The number of hydrogen-bond donors (Lipinski definition) is 1. The van der Waals surface area contributed by atoms with E-state index in [1.807, 2.05) is 6.07 Å². The van der Waals surface area contributed by atoms with E-state index in [1.165, 1.54) is 19.2 Å². The Labute approximate surface area is 75.5 Å². The quantitative estimate of drug-likeness (QED) is 0.510. The van der Waals surface area contributed by atoms with Crippen LogP contribution in [0.1, 0.15) is 15.9 Å². The lowest BCUT2D eigenvalue weighted by atomic mass is 10.1. The van der Waals surface area contributed by atoms with Crippen molar-refractivity contribution in [1.82, 2.24) is 0 Å². The van der Waals surface area contributed by atoms with Gasteiger partial charge in [-0.25, -0.2) is 4.79 Å². The summed E-state index contributed by atoms with van der Waals surface area (Å²) in [7, 11) is 1.26. The molecule has 2 N–H and O–H groups in total. The molecule has 0 fully saturated rings. The van der Waals surface area contributed by atoms with Crippen LogP contribution in [0.3, 0.4) is 0 Å². The molecule has 1 aromatic rings. The molecule has 13 heavy (non-hydrogen) atoms. The molecule has 0 aliphatic carbocycles. The van der Waals surface area contributed by atoms with Crippen LogP contribution in [0.25, 0.3) is 0 Å². The van der Waals surface area contributed by atoms with E-state index in [0.29, 0.717) is 5.69 Å². The number of esters is 1. The lowest BCUT2D eigenvalue weighted by Gasteiger charge is -2.01. The van der Waals surface area contributed by atoms with Gasteiger partial charge in [0.05, 0.1) is 18.2 Å². The summed E-state index contributed by atoms with van der Waals surface area (Å²) in [6.07, 6.45) is 0. The highest BCUT2D eigenvalue weighted by atomic mass is 16.5. The van der Waals surface area contributed by atoms with E-state index in [0.717, 1.165) is 0 Å². The second-order valence-electron chi connectivity index (χ2n) is 2.41. The first-order valence-electron chi connectivity index (χ1n) is 3.57. The third-order valence-electron chi connectivity index (χ3n) is 1.57. The Morgan fingerprint density at radius 3 is 2.85 bits per heavy atom. The zero-order valence-corrected chi connectivity index (χ0v) is 7.07. The molecule has 0 radical (unpaired) electrons. The molecular weight excluding hydrogens is 168 g/mol. The number of benzene rings is 1. The van der Waals surface area contributed by atoms with Gasteiger partial charge in [-0.15, -0.1) is 0 Å². The van der Waals surface area contributed by atoms with Crippen LogP contribution in [0.5, 0.6) is 0 Å². The number of nitrogens with two attached hydrogens (primary N) is 1. The molecule has 4 heteroatoms. The summed E-state index contributed by atoms with van der Waals surface area (Å²) in [5.74, 6) is -0.531. The minimum absolute atomic E-state index is 0.229. The fourth-order valence-electron chi connectivity index (χ4n) is 0.942. The van der Waals surface area contributed by atoms with E-state index in [1.54, 1.807) is 6.07 Å². The van der Waals surface area contributed by atoms with Gasteiger partial charge in [-0.2, -0.15) is 5.26 Å². The zero-order valence-electron chi connectivity index (χ0n) is 7.07. The number of methoxy groups -OCH3 is 1. The molecule has 4 nitrogen and oxygen atoms in total. The smallest absolute Gasteiger partial charge is 0.339 e. The summed E-state index contributed by atoms with van der Waals surface area (Å²) in [6.45, 7) is 0. The summed E-state index contributed by atoms with van der Waals surface area (Å²) >= 11 is 0. The highest BCUT2D eigenvalue weighted by Gasteiger charge is 2.10. The number of nitrogen functional groups attached to an aromatic ring is 1. The van der Waals surface area contributed by atoms with E-state index in [-0.39, 0.29) is 11.1 Å². The van der Waals surface area contributed by atoms with E-state index in [9.17, 15) is 4.79 Å². The van der Waals surface area contributed by atoms with Crippen molar-refractivity contribution in [3.8, 4) is 6.07 Å². The normalized spacial score (nSPS) is 8.92. The van der Waals surface area contributed by atoms with Gasteiger partial charge in [0.25, 0.3) is 0 Å². The molecule has 0 atom stereocenters. The Morgan fingerprint density at radius 1 is 1.62 bits per heavy atom. The number of carbonyl (C=O) groups excluding carboxylic acids is 1. The third-order valence-corrected chi connectivity index (χ3v) is 1.57. The zero-order chi connectivity index (χ0) is 9.84. The van der Waals surface area contributed by atoms with Crippen molar-refractivity contribution in [1.29, 1.82) is 5.26 Å². The number of anilines is 1. The molecule has 1 aromatic carbocycles. The molecule has 0 heterocycles. The highest BCUT2D eigenvalue weighted by Crippen LogP contribution is 2.13. The molecule has 66 valence electrons. The van der Waals surface area contributed by atoms with E-state index < -0.39 is 5.97 Å². The van der Waals surface area contributed by atoms with Crippen molar-refractivity contribution in [3.63, 3.8) is 0 Å². The number of hydrogen-bond acceptors (Lipinski definition) is 4. The van der Waals surface area contributed by atoms with Gasteiger partial charge in [0.2, 0.25) is 0 Å². The number of nitrogens with zero attached hydrogens (tertiary/aromatic N) is 1. The first kappa shape index (κ1) is 9.07. The molecule has 0 amide bonds. The van der Waals surface area contributed by atoms with Crippen LogP contribution in [0.15, 0.2) is 18.2 Å². The van der Waals surface area contributed by atoms with Crippen molar-refractivity contribution < 1.29 is 9.53 Å². The lowest BCUT2D eigenvalue weighted by Crippen LogP contribution is -2.04. The second kappa shape index (κ2) is 3.59. The van der Waals surface area contributed by atoms with Crippen LogP contribution < -0.4 is 5.73 Å². The van der Waals surface area contributed by atoms with E-state index in [4.69, 9.17) is 11.0 Å².